The van der Waals surface area contributed by atoms with Crippen LogP contribution in [0.1, 0.15) is 11.3 Å². The van der Waals surface area contributed by atoms with Crippen molar-refractivity contribution >= 4 is 20.9 Å². The van der Waals surface area contributed by atoms with Crippen molar-refractivity contribution < 1.29 is 13.2 Å². The van der Waals surface area contributed by atoms with Gasteiger partial charge in [-0.1, -0.05) is 18.2 Å². The Labute approximate surface area is 130 Å². The molecule has 114 valence electrons. The van der Waals surface area contributed by atoms with Crippen LogP contribution in [0.5, 0.6) is 5.75 Å². The quantitative estimate of drug-likeness (QED) is 0.743. The lowest BCUT2D eigenvalue weighted by Crippen LogP contribution is -2.14. The van der Waals surface area contributed by atoms with Crippen molar-refractivity contribution in [3.05, 3.63) is 59.8 Å². The maximum atomic E-state index is 13.0. The maximum absolute atomic E-state index is 13.0. The molecule has 0 atom stereocenters. The lowest BCUT2D eigenvalue weighted by molar-refractivity contribution is 0.415. The number of nitrogens with zero attached hydrogens (tertiary/aromatic N) is 1. The van der Waals surface area contributed by atoms with Gasteiger partial charge in [-0.25, -0.2) is 12.4 Å². The summed E-state index contributed by atoms with van der Waals surface area (Å²) in [7, 11) is -2.02. The van der Waals surface area contributed by atoms with Crippen molar-refractivity contribution in [2.45, 2.75) is 18.7 Å². The number of ether oxygens (including phenoxy) is 1. The first-order valence-electron chi connectivity index (χ1n) is 6.93. The highest BCUT2D eigenvalue weighted by Crippen LogP contribution is 2.31. The summed E-state index contributed by atoms with van der Waals surface area (Å²) in [6.45, 7) is 3.75. The van der Waals surface area contributed by atoms with Gasteiger partial charge in [0.1, 0.15) is 5.75 Å². The van der Waals surface area contributed by atoms with Crippen LogP contribution in [0.4, 0.5) is 0 Å². The summed E-state index contributed by atoms with van der Waals surface area (Å²) in [5, 5.41) is 0.886. The highest BCUT2D eigenvalue weighted by Gasteiger charge is 2.23. The maximum Gasteiger partial charge on any atom is 0.268 e. The molecule has 0 aliphatic rings. The molecule has 3 aromatic rings. The number of hydrogen-bond donors (Lipinski definition) is 0. The van der Waals surface area contributed by atoms with Crippen molar-refractivity contribution in [3.8, 4) is 5.75 Å². The highest BCUT2D eigenvalue weighted by molar-refractivity contribution is 7.90. The van der Waals surface area contributed by atoms with E-state index in [2.05, 4.69) is 0 Å². The summed E-state index contributed by atoms with van der Waals surface area (Å²) in [5.74, 6) is 0.713. The zero-order valence-corrected chi connectivity index (χ0v) is 13.5. The van der Waals surface area contributed by atoms with Gasteiger partial charge in [0.15, 0.2) is 0 Å². The van der Waals surface area contributed by atoms with Crippen LogP contribution < -0.4 is 4.74 Å². The first-order valence-corrected chi connectivity index (χ1v) is 8.37. The number of rotatable bonds is 3. The molecule has 1 aromatic heterocycles. The number of aryl methyl sites for hydroxylation is 1. The molecule has 0 aliphatic carbocycles. The largest absolute Gasteiger partial charge is 0.497 e. The predicted octanol–water partition coefficient (Wildman–Crippen LogP) is 3.50. The minimum Gasteiger partial charge on any atom is -0.497 e. The van der Waals surface area contributed by atoms with Crippen molar-refractivity contribution in [3.63, 3.8) is 0 Å². The molecule has 4 nitrogen and oxygen atoms in total. The van der Waals surface area contributed by atoms with Crippen LogP contribution in [-0.4, -0.2) is 19.5 Å². The molecule has 22 heavy (non-hydrogen) atoms. The zero-order chi connectivity index (χ0) is 15.9. The van der Waals surface area contributed by atoms with E-state index < -0.39 is 10.0 Å². The van der Waals surface area contributed by atoms with Gasteiger partial charge in [-0.2, -0.15) is 0 Å². The van der Waals surface area contributed by atoms with Gasteiger partial charge in [-0.3, -0.25) is 0 Å². The van der Waals surface area contributed by atoms with Gasteiger partial charge in [0.2, 0.25) is 0 Å². The van der Waals surface area contributed by atoms with E-state index in [-0.39, 0.29) is 4.90 Å². The fourth-order valence-corrected chi connectivity index (χ4v) is 4.28. The third-order valence-corrected chi connectivity index (χ3v) is 5.77. The van der Waals surface area contributed by atoms with E-state index in [0.29, 0.717) is 17.0 Å². The smallest absolute Gasteiger partial charge is 0.268 e. The van der Waals surface area contributed by atoms with E-state index in [9.17, 15) is 8.42 Å². The highest BCUT2D eigenvalue weighted by atomic mass is 32.2. The number of aromatic nitrogens is 1. The van der Waals surface area contributed by atoms with Crippen LogP contribution in [-0.2, 0) is 10.0 Å². The average Bonchev–Trinajstić information content (AvgIpc) is 2.79. The van der Waals surface area contributed by atoms with E-state index in [1.165, 1.54) is 3.97 Å². The number of methoxy groups -OCH3 is 1. The standard InChI is InChI=1S/C17H17NO3S/c1-12-13(2)18(17-10-9-14(21-3)11-16(12)17)22(19,20)15-7-5-4-6-8-15/h4-11H,1-3H3. The Morgan fingerprint density at radius 3 is 2.32 bits per heavy atom. The molecule has 3 rings (SSSR count). The molecule has 0 radical (unpaired) electrons. The molecule has 0 spiro atoms. The second-order valence-corrected chi connectivity index (χ2v) is 6.96. The molecule has 5 heteroatoms. The van der Waals surface area contributed by atoms with Gasteiger partial charge in [0, 0.05) is 11.1 Å². The fourth-order valence-electron chi connectivity index (χ4n) is 2.66. The van der Waals surface area contributed by atoms with Gasteiger partial charge < -0.3 is 4.74 Å². The Hall–Kier alpha value is -2.27. The van der Waals surface area contributed by atoms with Crippen LogP contribution in [0.15, 0.2) is 53.4 Å². The molecule has 0 N–H and O–H groups in total. The number of benzene rings is 2. The van der Waals surface area contributed by atoms with Crippen molar-refractivity contribution in [2.24, 2.45) is 0 Å². The normalized spacial score (nSPS) is 11.8. The number of fused-ring (bicyclic) bond motifs is 1. The van der Waals surface area contributed by atoms with Gasteiger partial charge >= 0.3 is 0 Å². The predicted molar refractivity (Wildman–Crippen MR) is 87.0 cm³/mol. The minimum absolute atomic E-state index is 0.283. The third kappa shape index (κ3) is 2.09. The summed E-state index contributed by atoms with van der Waals surface area (Å²) in [5.41, 5.74) is 2.32. The molecule has 0 saturated heterocycles. The van der Waals surface area contributed by atoms with Crippen LogP contribution in [0, 0.1) is 13.8 Å². The molecule has 0 saturated carbocycles. The van der Waals surface area contributed by atoms with Gasteiger partial charge in [0.25, 0.3) is 10.0 Å². The summed E-state index contributed by atoms with van der Waals surface area (Å²) >= 11 is 0. The lowest BCUT2D eigenvalue weighted by Gasteiger charge is -2.10. The molecule has 1 heterocycles. The molecular weight excluding hydrogens is 298 g/mol. The third-order valence-electron chi connectivity index (χ3n) is 3.96. The van der Waals surface area contributed by atoms with Gasteiger partial charge in [0.05, 0.1) is 17.5 Å². The van der Waals surface area contributed by atoms with Gasteiger partial charge in [-0.15, -0.1) is 0 Å². The Kier molecular flexibility index (Phi) is 3.45. The molecule has 0 bridgehead atoms. The molecule has 0 unspecified atom stereocenters. The van der Waals surface area contributed by atoms with Crippen molar-refractivity contribution in [1.29, 1.82) is 0 Å². The van der Waals surface area contributed by atoms with E-state index >= 15 is 0 Å². The monoisotopic (exact) mass is 315 g/mol. The average molecular weight is 315 g/mol. The van der Waals surface area contributed by atoms with Crippen molar-refractivity contribution in [2.75, 3.05) is 7.11 Å². The molecule has 0 fully saturated rings. The first kappa shape index (κ1) is 14.7. The topological polar surface area (TPSA) is 48.3 Å². The van der Waals surface area contributed by atoms with Crippen LogP contribution in [0.3, 0.4) is 0 Å². The van der Waals surface area contributed by atoms with E-state index in [0.717, 1.165) is 10.9 Å². The Morgan fingerprint density at radius 2 is 1.68 bits per heavy atom. The Morgan fingerprint density at radius 1 is 1.00 bits per heavy atom. The Balaban J connectivity index is 2.35. The second kappa shape index (κ2) is 5.18. The lowest BCUT2D eigenvalue weighted by atomic mass is 10.1. The molecule has 0 amide bonds. The number of hydrogen-bond acceptors (Lipinski definition) is 3. The second-order valence-electron chi connectivity index (χ2n) is 5.18. The molecule has 0 aliphatic heterocycles. The first-order chi connectivity index (χ1) is 10.5. The van der Waals surface area contributed by atoms with Crippen LogP contribution in [0.25, 0.3) is 10.9 Å². The van der Waals surface area contributed by atoms with Crippen molar-refractivity contribution in [1.82, 2.24) is 3.97 Å². The summed E-state index contributed by atoms with van der Waals surface area (Å²) in [4.78, 5) is 0.283. The van der Waals surface area contributed by atoms with Crippen LogP contribution >= 0.6 is 0 Å². The zero-order valence-electron chi connectivity index (χ0n) is 12.7. The van der Waals surface area contributed by atoms with E-state index in [1.807, 2.05) is 19.9 Å². The summed E-state index contributed by atoms with van der Waals surface area (Å²) in [6, 6.07) is 13.9. The summed E-state index contributed by atoms with van der Waals surface area (Å²) in [6.07, 6.45) is 0. The molecular formula is C17H17NO3S. The molecule has 2 aromatic carbocycles. The Bertz CT molecular complexity index is 941. The SMILES string of the molecule is COc1ccc2c(c1)c(C)c(C)n2S(=O)(=O)c1ccccc1. The van der Waals surface area contributed by atoms with Gasteiger partial charge in [-0.05, 0) is 49.7 Å². The van der Waals surface area contributed by atoms with E-state index in [1.54, 1.807) is 49.6 Å². The summed E-state index contributed by atoms with van der Waals surface area (Å²) < 4.78 is 32.6. The minimum atomic E-state index is -3.62. The van der Waals surface area contributed by atoms with Crippen LogP contribution in [0.2, 0.25) is 0 Å². The fraction of sp³-hybridized carbons (Fsp3) is 0.176. The van der Waals surface area contributed by atoms with E-state index in [4.69, 9.17) is 4.74 Å².